The number of ether oxygens (including phenoxy) is 2. The maximum absolute atomic E-state index is 13.5. The van der Waals surface area contributed by atoms with Gasteiger partial charge in [-0.05, 0) is 31.9 Å². The van der Waals surface area contributed by atoms with E-state index in [2.05, 4.69) is 4.90 Å². The second kappa shape index (κ2) is 10.3. The molecule has 3 rings (SSSR count). The summed E-state index contributed by atoms with van der Waals surface area (Å²) in [6.07, 6.45) is 1.24. The molecule has 2 amide bonds. The Hall–Kier alpha value is -2.39. The van der Waals surface area contributed by atoms with Crippen molar-refractivity contribution in [1.82, 2.24) is 14.7 Å². The summed E-state index contributed by atoms with van der Waals surface area (Å²) in [5.41, 5.74) is -1.30. The molecule has 0 saturated carbocycles. The van der Waals surface area contributed by atoms with Gasteiger partial charge in [0.1, 0.15) is 23.8 Å². The Balaban J connectivity index is 1.66. The van der Waals surface area contributed by atoms with Crippen LogP contribution in [-0.2, 0) is 9.53 Å². The second-order valence-corrected chi connectivity index (χ2v) is 8.30. The molecule has 2 heterocycles. The first kappa shape index (κ1) is 23.3. The molecule has 1 unspecified atom stereocenters. The van der Waals surface area contributed by atoms with Crippen molar-refractivity contribution in [2.24, 2.45) is 0 Å². The third kappa shape index (κ3) is 6.30. The van der Waals surface area contributed by atoms with E-state index in [-0.39, 0.29) is 31.2 Å². The van der Waals surface area contributed by atoms with Crippen molar-refractivity contribution >= 4 is 12.0 Å². The van der Waals surface area contributed by atoms with Crippen LogP contribution >= 0.6 is 0 Å². The number of aliphatic hydroxyl groups is 1. The fourth-order valence-electron chi connectivity index (χ4n) is 4.27. The van der Waals surface area contributed by atoms with Crippen molar-refractivity contribution in [1.29, 1.82) is 0 Å². The van der Waals surface area contributed by atoms with Gasteiger partial charge >= 0.3 is 6.09 Å². The number of hydrogen-bond donors (Lipinski definition) is 1. The number of rotatable bonds is 5. The Morgan fingerprint density at radius 2 is 1.90 bits per heavy atom. The quantitative estimate of drug-likeness (QED) is 0.756. The first-order chi connectivity index (χ1) is 14.8. The van der Waals surface area contributed by atoms with Gasteiger partial charge < -0.3 is 24.4 Å². The molecule has 2 aliphatic rings. The van der Waals surface area contributed by atoms with Crippen LogP contribution in [0.15, 0.2) is 24.3 Å². The zero-order chi connectivity index (χ0) is 22.4. The molecule has 0 spiro atoms. The third-order valence-electron chi connectivity index (χ3n) is 5.90. The predicted octanol–water partition coefficient (Wildman–Crippen LogP) is 1.72. The molecule has 1 aromatic rings. The molecule has 0 aliphatic carbocycles. The van der Waals surface area contributed by atoms with Crippen LogP contribution in [0.1, 0.15) is 26.7 Å². The minimum Gasteiger partial charge on any atom is -0.490 e. The highest BCUT2D eigenvalue weighted by molar-refractivity contribution is 5.73. The molecule has 2 saturated heterocycles. The summed E-state index contributed by atoms with van der Waals surface area (Å²) in [5, 5.41) is 11.4. The molecule has 2 fully saturated rings. The summed E-state index contributed by atoms with van der Waals surface area (Å²) < 4.78 is 24.2. The standard InChI is InChI=1S/C22H32FN3O5/c1-3-30-21(28)24-9-7-19(8-10-24)26-12-11-25(17(2)27)14-22(29,15-26)16-31-20-6-4-5-18(23)13-20/h4-6,13,19,29H,3,7-12,14-16H2,1-2H3. The Bertz CT molecular complexity index is 771. The average Bonchev–Trinajstić information content (AvgIpc) is 2.92. The van der Waals surface area contributed by atoms with Gasteiger partial charge in [0.25, 0.3) is 0 Å². The van der Waals surface area contributed by atoms with Crippen LogP contribution in [0, 0.1) is 5.82 Å². The van der Waals surface area contributed by atoms with E-state index in [0.717, 1.165) is 12.8 Å². The van der Waals surface area contributed by atoms with E-state index >= 15 is 0 Å². The minimum atomic E-state index is -1.30. The van der Waals surface area contributed by atoms with Crippen molar-refractivity contribution in [2.45, 2.75) is 38.3 Å². The van der Waals surface area contributed by atoms with Gasteiger partial charge in [0, 0.05) is 51.8 Å². The summed E-state index contributed by atoms with van der Waals surface area (Å²) in [6, 6.07) is 5.96. The lowest BCUT2D eigenvalue weighted by atomic mass is 9.99. The Kier molecular flexibility index (Phi) is 7.72. The number of nitrogens with zero attached hydrogens (tertiary/aromatic N) is 3. The maximum Gasteiger partial charge on any atom is 0.409 e. The molecule has 1 atom stereocenters. The first-order valence-corrected chi connectivity index (χ1v) is 10.8. The average molecular weight is 438 g/mol. The summed E-state index contributed by atoms with van der Waals surface area (Å²) in [5.74, 6) is -0.185. The molecule has 172 valence electrons. The van der Waals surface area contributed by atoms with Crippen LogP contribution in [0.3, 0.4) is 0 Å². The smallest absolute Gasteiger partial charge is 0.409 e. The fourth-order valence-corrected chi connectivity index (χ4v) is 4.27. The Morgan fingerprint density at radius 3 is 2.55 bits per heavy atom. The number of likely N-dealkylation sites (tertiary alicyclic amines) is 1. The molecule has 1 aromatic carbocycles. The molecule has 0 radical (unpaired) electrons. The van der Waals surface area contributed by atoms with Crippen LogP contribution in [0.2, 0.25) is 0 Å². The van der Waals surface area contributed by atoms with E-state index < -0.39 is 11.4 Å². The lowest BCUT2D eigenvalue weighted by molar-refractivity contribution is -0.132. The molecule has 9 heteroatoms. The van der Waals surface area contributed by atoms with Crippen molar-refractivity contribution in [3.05, 3.63) is 30.1 Å². The van der Waals surface area contributed by atoms with Gasteiger partial charge in [-0.25, -0.2) is 9.18 Å². The Labute approximate surface area is 182 Å². The van der Waals surface area contributed by atoms with E-state index in [0.29, 0.717) is 45.1 Å². The van der Waals surface area contributed by atoms with Gasteiger partial charge in [-0.15, -0.1) is 0 Å². The summed E-state index contributed by atoms with van der Waals surface area (Å²) in [7, 11) is 0. The second-order valence-electron chi connectivity index (χ2n) is 8.30. The zero-order valence-electron chi connectivity index (χ0n) is 18.3. The van der Waals surface area contributed by atoms with E-state index in [1.54, 1.807) is 28.9 Å². The van der Waals surface area contributed by atoms with Crippen molar-refractivity contribution in [2.75, 3.05) is 52.5 Å². The molecule has 31 heavy (non-hydrogen) atoms. The first-order valence-electron chi connectivity index (χ1n) is 10.8. The van der Waals surface area contributed by atoms with E-state index in [1.165, 1.54) is 19.1 Å². The third-order valence-corrected chi connectivity index (χ3v) is 5.90. The van der Waals surface area contributed by atoms with Gasteiger partial charge in [-0.2, -0.15) is 0 Å². The molecule has 0 bridgehead atoms. The molecule has 2 aliphatic heterocycles. The number of hydrogen-bond acceptors (Lipinski definition) is 6. The SMILES string of the molecule is CCOC(=O)N1CCC(N2CCN(C(C)=O)CC(O)(COc3cccc(F)c3)C2)CC1. The summed E-state index contributed by atoms with van der Waals surface area (Å²) in [4.78, 5) is 29.5. The highest BCUT2D eigenvalue weighted by atomic mass is 19.1. The van der Waals surface area contributed by atoms with Crippen molar-refractivity contribution in [3.63, 3.8) is 0 Å². The van der Waals surface area contributed by atoms with Crippen LogP contribution in [-0.4, -0.2) is 95.9 Å². The molecule has 8 nitrogen and oxygen atoms in total. The molecule has 0 aromatic heterocycles. The Morgan fingerprint density at radius 1 is 1.16 bits per heavy atom. The molecular weight excluding hydrogens is 405 g/mol. The molecular formula is C22H32FN3O5. The van der Waals surface area contributed by atoms with Crippen LogP contribution < -0.4 is 4.74 Å². The highest BCUT2D eigenvalue weighted by Gasteiger charge is 2.39. The number of benzene rings is 1. The predicted molar refractivity (Wildman–Crippen MR) is 112 cm³/mol. The van der Waals surface area contributed by atoms with E-state index in [4.69, 9.17) is 9.47 Å². The number of carbonyl (C=O) groups is 2. The summed E-state index contributed by atoms with van der Waals surface area (Å²) in [6.45, 7) is 6.37. The van der Waals surface area contributed by atoms with Crippen LogP contribution in [0.5, 0.6) is 5.75 Å². The number of carbonyl (C=O) groups excluding carboxylic acids is 2. The van der Waals surface area contributed by atoms with Crippen molar-refractivity contribution < 1.29 is 28.6 Å². The fraction of sp³-hybridized carbons (Fsp3) is 0.636. The maximum atomic E-state index is 13.5. The van der Waals surface area contributed by atoms with Crippen molar-refractivity contribution in [3.8, 4) is 5.75 Å². The van der Waals surface area contributed by atoms with E-state index in [9.17, 15) is 19.1 Å². The van der Waals surface area contributed by atoms with Gasteiger partial charge in [0.05, 0.1) is 13.2 Å². The number of piperidine rings is 1. The zero-order valence-corrected chi connectivity index (χ0v) is 18.3. The lowest BCUT2D eigenvalue weighted by Gasteiger charge is -2.40. The van der Waals surface area contributed by atoms with Crippen LogP contribution in [0.4, 0.5) is 9.18 Å². The lowest BCUT2D eigenvalue weighted by Crippen LogP contribution is -2.55. The normalized spacial score (nSPS) is 23.4. The summed E-state index contributed by atoms with van der Waals surface area (Å²) >= 11 is 0. The van der Waals surface area contributed by atoms with Gasteiger partial charge in [-0.3, -0.25) is 9.69 Å². The number of β-amino-alcohol motifs (C(OH)–C–C–N with tert-alkyl or cyclic N) is 1. The monoisotopic (exact) mass is 437 g/mol. The van der Waals surface area contributed by atoms with Gasteiger partial charge in [-0.1, -0.05) is 6.07 Å². The topological polar surface area (TPSA) is 82.6 Å². The van der Waals surface area contributed by atoms with Gasteiger partial charge in [0.15, 0.2) is 0 Å². The number of amides is 2. The largest absolute Gasteiger partial charge is 0.490 e. The highest BCUT2D eigenvalue weighted by Crippen LogP contribution is 2.24. The van der Waals surface area contributed by atoms with E-state index in [1.807, 2.05) is 0 Å². The minimum absolute atomic E-state index is 0.0571. The van der Waals surface area contributed by atoms with Gasteiger partial charge in [0.2, 0.25) is 5.91 Å². The van der Waals surface area contributed by atoms with Crippen LogP contribution in [0.25, 0.3) is 0 Å². The number of halogens is 1. The molecule has 1 N–H and O–H groups in total.